The minimum absolute atomic E-state index is 0.0439. The number of rotatable bonds is 6. The minimum Gasteiger partial charge on any atom is -0.357 e. The second-order valence-electron chi connectivity index (χ2n) is 8.85. The molecule has 2 aliphatic heterocycles. The van der Waals surface area contributed by atoms with E-state index in [2.05, 4.69) is 59.5 Å². The summed E-state index contributed by atoms with van der Waals surface area (Å²) in [4.78, 5) is 19.8. The number of hydrogen-bond donors (Lipinski definition) is 1. The van der Waals surface area contributed by atoms with Gasteiger partial charge in [0.15, 0.2) is 5.96 Å². The molecule has 2 unspecified atom stereocenters. The fourth-order valence-corrected chi connectivity index (χ4v) is 4.96. The second-order valence-corrected chi connectivity index (χ2v) is 8.85. The lowest BCUT2D eigenvalue weighted by Gasteiger charge is -2.39. The third kappa shape index (κ3) is 5.02. The van der Waals surface area contributed by atoms with E-state index in [0.717, 1.165) is 70.1 Å². The van der Waals surface area contributed by atoms with Crippen LogP contribution in [0, 0.1) is 5.92 Å². The number of hydrogen-bond acceptors (Lipinski definition) is 3. The van der Waals surface area contributed by atoms with Crippen LogP contribution in [0.15, 0.2) is 40.1 Å². The van der Waals surface area contributed by atoms with Crippen molar-refractivity contribution in [1.82, 2.24) is 24.6 Å². The Morgan fingerprint density at radius 3 is 2.81 bits per heavy atom. The molecular formula is C24H36N6O. The molecule has 0 bridgehead atoms. The Hall–Kier alpha value is -2.57. The number of aryl methyl sites for hydroxylation is 2. The van der Waals surface area contributed by atoms with Crippen LogP contribution in [0.2, 0.25) is 0 Å². The summed E-state index contributed by atoms with van der Waals surface area (Å²) in [5.41, 5.74) is 1.49. The van der Waals surface area contributed by atoms with Gasteiger partial charge in [-0.1, -0.05) is 37.3 Å². The molecule has 2 aliphatic rings. The molecule has 1 aromatic heterocycles. The van der Waals surface area contributed by atoms with Gasteiger partial charge in [-0.3, -0.25) is 9.56 Å². The summed E-state index contributed by atoms with van der Waals surface area (Å²) < 4.78 is 3.48. The van der Waals surface area contributed by atoms with E-state index in [1.165, 1.54) is 5.56 Å². The summed E-state index contributed by atoms with van der Waals surface area (Å²) in [7, 11) is 0. The normalized spacial score (nSPS) is 21.7. The van der Waals surface area contributed by atoms with Gasteiger partial charge in [0, 0.05) is 45.7 Å². The van der Waals surface area contributed by atoms with Crippen LogP contribution in [-0.4, -0.2) is 51.4 Å². The highest BCUT2D eigenvalue weighted by Crippen LogP contribution is 2.32. The highest BCUT2D eigenvalue weighted by Gasteiger charge is 2.28. The van der Waals surface area contributed by atoms with Crippen LogP contribution in [-0.2, 0) is 19.5 Å². The molecule has 1 N–H and O–H groups in total. The summed E-state index contributed by atoms with van der Waals surface area (Å²) in [5, 5.41) is 8.00. The molecule has 0 radical (unpaired) electrons. The van der Waals surface area contributed by atoms with Gasteiger partial charge >= 0.3 is 5.69 Å². The highest BCUT2D eigenvalue weighted by molar-refractivity contribution is 5.80. The van der Waals surface area contributed by atoms with Crippen LogP contribution in [0.25, 0.3) is 0 Å². The summed E-state index contributed by atoms with van der Waals surface area (Å²) >= 11 is 0. The predicted molar refractivity (Wildman–Crippen MR) is 125 cm³/mol. The average Bonchev–Trinajstić information content (AvgIpc) is 3.12. The molecule has 0 spiro atoms. The summed E-state index contributed by atoms with van der Waals surface area (Å²) in [6, 6.07) is 10.9. The number of aliphatic imine (C=N–C) groups is 1. The molecule has 0 aliphatic carbocycles. The first-order valence-electron chi connectivity index (χ1n) is 11.9. The topological polar surface area (TPSA) is 67.5 Å². The van der Waals surface area contributed by atoms with E-state index in [1.807, 2.05) is 4.57 Å². The molecule has 0 saturated carbocycles. The molecule has 1 fully saturated rings. The maximum atomic E-state index is 12.5. The van der Waals surface area contributed by atoms with E-state index in [4.69, 9.17) is 4.99 Å². The van der Waals surface area contributed by atoms with Gasteiger partial charge in [0.25, 0.3) is 0 Å². The Kier molecular flexibility index (Phi) is 7.10. The molecule has 3 heterocycles. The van der Waals surface area contributed by atoms with Crippen LogP contribution in [0.5, 0.6) is 0 Å². The first-order chi connectivity index (χ1) is 15.2. The van der Waals surface area contributed by atoms with Gasteiger partial charge in [0.05, 0.1) is 0 Å². The van der Waals surface area contributed by atoms with Crippen molar-refractivity contribution in [3.05, 3.63) is 52.2 Å². The predicted octanol–water partition coefficient (Wildman–Crippen LogP) is 2.86. The molecule has 0 amide bonds. The van der Waals surface area contributed by atoms with Crippen molar-refractivity contribution in [3.63, 3.8) is 0 Å². The summed E-state index contributed by atoms with van der Waals surface area (Å²) in [5.74, 6) is 3.13. The van der Waals surface area contributed by atoms with Crippen molar-refractivity contribution >= 4 is 5.96 Å². The van der Waals surface area contributed by atoms with Crippen LogP contribution >= 0.6 is 0 Å². The maximum absolute atomic E-state index is 12.5. The van der Waals surface area contributed by atoms with Crippen molar-refractivity contribution in [1.29, 1.82) is 0 Å². The van der Waals surface area contributed by atoms with Crippen molar-refractivity contribution in [2.24, 2.45) is 10.9 Å². The average molecular weight is 425 g/mol. The number of nitrogens with one attached hydrogen (secondary N) is 1. The number of piperidine rings is 1. The molecule has 31 heavy (non-hydrogen) atoms. The van der Waals surface area contributed by atoms with E-state index >= 15 is 0 Å². The fraction of sp³-hybridized carbons (Fsp3) is 0.625. The van der Waals surface area contributed by atoms with Crippen molar-refractivity contribution in [2.75, 3.05) is 26.2 Å². The number of nitrogens with zero attached hydrogens (tertiary/aromatic N) is 5. The molecule has 7 nitrogen and oxygen atoms in total. The Morgan fingerprint density at radius 2 is 2.06 bits per heavy atom. The Morgan fingerprint density at radius 1 is 1.23 bits per heavy atom. The number of fused-ring (bicyclic) bond motifs is 1. The van der Waals surface area contributed by atoms with Crippen LogP contribution in [0.1, 0.15) is 56.8 Å². The van der Waals surface area contributed by atoms with Crippen LogP contribution < -0.4 is 11.0 Å². The van der Waals surface area contributed by atoms with E-state index in [-0.39, 0.29) is 5.69 Å². The molecule has 4 rings (SSSR count). The van der Waals surface area contributed by atoms with Gasteiger partial charge in [0.2, 0.25) is 0 Å². The number of likely N-dealkylation sites (tertiary alicyclic amines) is 1. The zero-order valence-corrected chi connectivity index (χ0v) is 19.0. The fourth-order valence-electron chi connectivity index (χ4n) is 4.96. The van der Waals surface area contributed by atoms with Crippen molar-refractivity contribution in [3.8, 4) is 0 Å². The van der Waals surface area contributed by atoms with Crippen molar-refractivity contribution in [2.45, 2.75) is 65.0 Å². The molecule has 2 aromatic rings. The third-order valence-electron chi connectivity index (χ3n) is 6.59. The first-order valence-corrected chi connectivity index (χ1v) is 11.9. The highest BCUT2D eigenvalue weighted by atomic mass is 16.2. The Balaban J connectivity index is 1.33. The number of aromatic nitrogens is 3. The zero-order valence-electron chi connectivity index (χ0n) is 19.0. The monoisotopic (exact) mass is 424 g/mol. The molecule has 168 valence electrons. The van der Waals surface area contributed by atoms with Gasteiger partial charge in [0.1, 0.15) is 5.82 Å². The van der Waals surface area contributed by atoms with Crippen molar-refractivity contribution < 1.29 is 0 Å². The standard InChI is InChI=1S/C24H36N6O/c1-3-25-23(28-17-13-21(19(2)18-28)20-10-5-4-6-11-20)26-14-9-16-30-24(31)29-15-8-7-12-22(29)27-30/h4-6,10-11,19,21H,3,7-9,12-18H2,1-2H3,(H,25,26). The summed E-state index contributed by atoms with van der Waals surface area (Å²) in [6.07, 6.45) is 5.09. The zero-order chi connectivity index (χ0) is 21.6. The van der Waals surface area contributed by atoms with Crippen LogP contribution in [0.3, 0.4) is 0 Å². The van der Waals surface area contributed by atoms with Crippen LogP contribution in [0.4, 0.5) is 0 Å². The number of guanidine groups is 1. The lowest BCUT2D eigenvalue weighted by molar-refractivity contribution is 0.234. The Bertz CT molecular complexity index is 931. The molecule has 2 atom stereocenters. The minimum atomic E-state index is 0.0439. The molecule has 1 aromatic carbocycles. The second kappa shape index (κ2) is 10.2. The van der Waals surface area contributed by atoms with Gasteiger partial charge in [-0.25, -0.2) is 9.48 Å². The Labute approximate surface area is 185 Å². The SMILES string of the molecule is CCNC(=NCCCn1nc2n(c1=O)CCCC2)N1CCC(c2ccccc2)C(C)C1. The van der Waals surface area contributed by atoms with E-state index in [0.29, 0.717) is 24.9 Å². The lowest BCUT2D eigenvalue weighted by Crippen LogP contribution is -2.48. The van der Waals surface area contributed by atoms with E-state index in [9.17, 15) is 4.79 Å². The molecular weight excluding hydrogens is 388 g/mol. The molecule has 7 heteroatoms. The largest absolute Gasteiger partial charge is 0.357 e. The first kappa shape index (κ1) is 21.7. The quantitative estimate of drug-likeness (QED) is 0.440. The third-order valence-corrected chi connectivity index (χ3v) is 6.59. The maximum Gasteiger partial charge on any atom is 0.345 e. The molecule has 1 saturated heterocycles. The van der Waals surface area contributed by atoms with E-state index < -0.39 is 0 Å². The van der Waals surface area contributed by atoms with E-state index in [1.54, 1.807) is 4.68 Å². The summed E-state index contributed by atoms with van der Waals surface area (Å²) in [6.45, 7) is 9.50. The van der Waals surface area contributed by atoms with Gasteiger partial charge in [-0.15, -0.1) is 0 Å². The van der Waals surface area contributed by atoms with Gasteiger partial charge in [-0.2, -0.15) is 5.10 Å². The van der Waals surface area contributed by atoms with Gasteiger partial charge < -0.3 is 10.2 Å². The van der Waals surface area contributed by atoms with Gasteiger partial charge in [-0.05, 0) is 50.0 Å². The number of benzene rings is 1. The smallest absolute Gasteiger partial charge is 0.345 e. The lowest BCUT2D eigenvalue weighted by atomic mass is 9.82.